The summed E-state index contributed by atoms with van der Waals surface area (Å²) in [7, 11) is 0. The summed E-state index contributed by atoms with van der Waals surface area (Å²) in [5.41, 5.74) is 2.65. The van der Waals surface area contributed by atoms with Gasteiger partial charge in [0.25, 0.3) is 5.91 Å². The van der Waals surface area contributed by atoms with Crippen LogP contribution in [0, 0.1) is 6.92 Å². The number of ether oxygens (including phenoxy) is 1. The van der Waals surface area contributed by atoms with Crippen LogP contribution >= 0.6 is 23.1 Å². The molecule has 158 valence electrons. The quantitative estimate of drug-likeness (QED) is 0.319. The highest BCUT2D eigenvalue weighted by atomic mass is 32.2. The molecule has 0 fully saturated rings. The summed E-state index contributed by atoms with van der Waals surface area (Å²) in [5, 5.41) is 11.9. The topological polar surface area (TPSA) is 97.0 Å². The van der Waals surface area contributed by atoms with Gasteiger partial charge < -0.3 is 9.72 Å². The maximum absolute atomic E-state index is 12.4. The molecule has 2 N–H and O–H groups in total. The van der Waals surface area contributed by atoms with Crippen molar-refractivity contribution in [3.63, 3.8) is 0 Å². The summed E-state index contributed by atoms with van der Waals surface area (Å²) in [6.07, 6.45) is -0.672. The van der Waals surface area contributed by atoms with Crippen LogP contribution in [0.1, 0.15) is 18.2 Å². The second-order valence-corrected chi connectivity index (χ2v) is 9.13. The molecule has 0 radical (unpaired) electrons. The zero-order valence-electron chi connectivity index (χ0n) is 16.9. The fraction of sp³-hybridized carbons (Fsp3) is 0.182. The van der Waals surface area contributed by atoms with Crippen LogP contribution in [-0.2, 0) is 10.5 Å². The number of carbonyl (C=O) groups excluding carboxylic acids is 1. The maximum atomic E-state index is 12.4. The standard InChI is InChI=1S/C22H20N4O3S2/c1-13-8-9-18-17(10-13)19(27)11-15(23-18)12-30-22-26-25-21(31-22)24-20(28)14(2)29-16-6-4-3-5-7-16/h3-11,14H,12H2,1-2H3,(H,23,27)(H,24,25,28). The Morgan fingerprint density at radius 1 is 1.19 bits per heavy atom. The molecule has 1 atom stereocenters. The fourth-order valence-electron chi connectivity index (χ4n) is 2.92. The van der Waals surface area contributed by atoms with Gasteiger partial charge in [-0.1, -0.05) is 52.9 Å². The minimum absolute atomic E-state index is 0.00864. The van der Waals surface area contributed by atoms with E-state index in [4.69, 9.17) is 4.74 Å². The molecule has 4 rings (SSSR count). The molecule has 0 saturated heterocycles. The van der Waals surface area contributed by atoms with Gasteiger partial charge in [0.1, 0.15) is 5.75 Å². The molecule has 7 nitrogen and oxygen atoms in total. The molecule has 0 bridgehead atoms. The van der Waals surface area contributed by atoms with Gasteiger partial charge in [-0.25, -0.2) is 0 Å². The van der Waals surface area contributed by atoms with E-state index in [1.54, 1.807) is 25.1 Å². The van der Waals surface area contributed by atoms with Crippen LogP contribution in [-0.4, -0.2) is 27.2 Å². The molecular formula is C22H20N4O3S2. The van der Waals surface area contributed by atoms with E-state index in [1.165, 1.54) is 23.1 Å². The molecule has 0 spiro atoms. The predicted molar refractivity (Wildman–Crippen MR) is 124 cm³/mol. The Morgan fingerprint density at radius 2 is 2.00 bits per heavy atom. The van der Waals surface area contributed by atoms with Gasteiger partial charge in [-0.3, -0.25) is 14.9 Å². The van der Waals surface area contributed by atoms with Gasteiger partial charge in [-0.15, -0.1) is 10.2 Å². The van der Waals surface area contributed by atoms with E-state index in [9.17, 15) is 9.59 Å². The maximum Gasteiger partial charge on any atom is 0.266 e. The summed E-state index contributed by atoms with van der Waals surface area (Å²) in [4.78, 5) is 28.0. The number of thioether (sulfide) groups is 1. The van der Waals surface area contributed by atoms with Crippen LogP contribution in [0.4, 0.5) is 5.13 Å². The Kier molecular flexibility index (Phi) is 6.34. The molecule has 9 heteroatoms. The fourth-order valence-corrected chi connectivity index (χ4v) is 4.58. The lowest BCUT2D eigenvalue weighted by Gasteiger charge is -2.13. The number of para-hydroxylation sites is 1. The Bertz CT molecular complexity index is 1270. The van der Waals surface area contributed by atoms with Crippen molar-refractivity contribution in [1.82, 2.24) is 15.2 Å². The lowest BCUT2D eigenvalue weighted by atomic mass is 10.1. The van der Waals surface area contributed by atoms with E-state index >= 15 is 0 Å². The molecule has 1 unspecified atom stereocenters. The number of carbonyl (C=O) groups is 1. The Morgan fingerprint density at radius 3 is 2.81 bits per heavy atom. The van der Waals surface area contributed by atoms with Crippen molar-refractivity contribution in [2.24, 2.45) is 0 Å². The second-order valence-electron chi connectivity index (χ2n) is 6.93. The smallest absolute Gasteiger partial charge is 0.266 e. The number of nitrogens with one attached hydrogen (secondary N) is 2. The van der Waals surface area contributed by atoms with E-state index in [-0.39, 0.29) is 11.3 Å². The first kappa shape index (κ1) is 21.1. The van der Waals surface area contributed by atoms with Gasteiger partial charge in [-0.2, -0.15) is 0 Å². The van der Waals surface area contributed by atoms with Gasteiger partial charge in [0.2, 0.25) is 5.13 Å². The average Bonchev–Trinajstić information content (AvgIpc) is 3.21. The third-order valence-electron chi connectivity index (χ3n) is 4.45. The van der Waals surface area contributed by atoms with Crippen molar-refractivity contribution in [2.75, 3.05) is 5.32 Å². The van der Waals surface area contributed by atoms with E-state index in [0.717, 1.165) is 16.8 Å². The predicted octanol–water partition coefficient (Wildman–Crippen LogP) is 4.39. The van der Waals surface area contributed by atoms with E-state index in [0.29, 0.717) is 26.4 Å². The number of benzene rings is 2. The largest absolute Gasteiger partial charge is 0.481 e. The van der Waals surface area contributed by atoms with Crippen molar-refractivity contribution < 1.29 is 9.53 Å². The number of aromatic amines is 1. The number of anilines is 1. The summed E-state index contributed by atoms with van der Waals surface area (Å²) in [6.45, 7) is 3.64. The number of fused-ring (bicyclic) bond motifs is 1. The van der Waals surface area contributed by atoms with Crippen molar-refractivity contribution in [2.45, 2.75) is 30.0 Å². The number of hydrogen-bond donors (Lipinski definition) is 2. The van der Waals surface area contributed by atoms with Crippen LogP contribution < -0.4 is 15.5 Å². The molecule has 31 heavy (non-hydrogen) atoms. The highest BCUT2D eigenvalue weighted by molar-refractivity contribution is 8.00. The number of pyridine rings is 1. The molecular weight excluding hydrogens is 432 g/mol. The number of aromatic nitrogens is 3. The number of aryl methyl sites for hydroxylation is 1. The molecule has 0 saturated carbocycles. The highest BCUT2D eigenvalue weighted by Gasteiger charge is 2.17. The zero-order valence-corrected chi connectivity index (χ0v) is 18.5. The third kappa shape index (κ3) is 5.31. The first-order chi connectivity index (χ1) is 15.0. The Balaban J connectivity index is 1.36. The van der Waals surface area contributed by atoms with Crippen molar-refractivity contribution in [3.8, 4) is 5.75 Å². The number of nitrogens with zero attached hydrogens (tertiary/aromatic N) is 2. The van der Waals surface area contributed by atoms with Gasteiger partial charge in [0.05, 0.1) is 0 Å². The van der Waals surface area contributed by atoms with Crippen LogP contribution in [0.2, 0.25) is 0 Å². The number of H-pyrrole nitrogens is 1. The molecule has 2 aromatic carbocycles. The molecule has 4 aromatic rings. The first-order valence-corrected chi connectivity index (χ1v) is 11.4. The van der Waals surface area contributed by atoms with Crippen LogP contribution in [0.25, 0.3) is 10.9 Å². The van der Waals surface area contributed by atoms with Crippen molar-refractivity contribution >= 4 is 45.0 Å². The molecule has 1 amide bonds. The summed E-state index contributed by atoms with van der Waals surface area (Å²) < 4.78 is 6.31. The lowest BCUT2D eigenvalue weighted by molar-refractivity contribution is -0.122. The summed E-state index contributed by atoms with van der Waals surface area (Å²) in [5.74, 6) is 0.860. The zero-order chi connectivity index (χ0) is 21.8. The third-order valence-corrected chi connectivity index (χ3v) is 6.47. The van der Waals surface area contributed by atoms with E-state index in [2.05, 4.69) is 20.5 Å². The van der Waals surface area contributed by atoms with Crippen LogP contribution in [0.15, 0.2) is 63.7 Å². The Labute approximate surface area is 186 Å². The Hall–Kier alpha value is -3.17. The molecule has 2 heterocycles. The first-order valence-electron chi connectivity index (χ1n) is 9.59. The molecule has 0 aliphatic carbocycles. The van der Waals surface area contributed by atoms with E-state index < -0.39 is 6.10 Å². The monoisotopic (exact) mass is 452 g/mol. The van der Waals surface area contributed by atoms with E-state index in [1.807, 2.05) is 43.3 Å². The van der Waals surface area contributed by atoms with Gasteiger partial charge in [0.15, 0.2) is 15.9 Å². The van der Waals surface area contributed by atoms with Gasteiger partial charge in [-0.05, 0) is 38.1 Å². The SMILES string of the molecule is Cc1ccc2[nH]c(CSc3nnc(NC(=O)C(C)Oc4ccccc4)s3)cc(=O)c2c1. The minimum Gasteiger partial charge on any atom is -0.481 e. The van der Waals surface area contributed by atoms with Gasteiger partial charge in [0, 0.05) is 28.4 Å². The normalized spacial score (nSPS) is 11.9. The molecule has 2 aromatic heterocycles. The second kappa shape index (κ2) is 9.32. The lowest BCUT2D eigenvalue weighted by Crippen LogP contribution is -2.30. The van der Waals surface area contributed by atoms with Crippen LogP contribution in [0.3, 0.4) is 0 Å². The minimum atomic E-state index is -0.672. The summed E-state index contributed by atoms with van der Waals surface area (Å²) >= 11 is 2.72. The highest BCUT2D eigenvalue weighted by Crippen LogP contribution is 2.28. The van der Waals surface area contributed by atoms with Crippen molar-refractivity contribution in [3.05, 3.63) is 76.1 Å². The molecule has 0 aliphatic heterocycles. The average molecular weight is 453 g/mol. The van der Waals surface area contributed by atoms with Crippen LogP contribution in [0.5, 0.6) is 5.75 Å². The number of hydrogen-bond acceptors (Lipinski definition) is 7. The van der Waals surface area contributed by atoms with Gasteiger partial charge >= 0.3 is 0 Å². The molecule has 0 aliphatic rings. The van der Waals surface area contributed by atoms with Crippen molar-refractivity contribution in [1.29, 1.82) is 0 Å². The summed E-state index contributed by atoms with van der Waals surface area (Å²) in [6, 6.07) is 16.5. The number of amides is 1. The number of rotatable bonds is 7.